The molecule has 2 rings (SSSR count). The summed E-state index contributed by atoms with van der Waals surface area (Å²) in [5.74, 6) is -0.931. The number of carbonyl (C=O) groups is 2. The van der Waals surface area contributed by atoms with Crippen LogP contribution in [-0.4, -0.2) is 32.7 Å². The van der Waals surface area contributed by atoms with Crippen LogP contribution in [-0.2, 0) is 15.7 Å². The van der Waals surface area contributed by atoms with Crippen molar-refractivity contribution in [3.8, 4) is 11.5 Å². The van der Waals surface area contributed by atoms with Crippen LogP contribution >= 0.6 is 11.6 Å². The van der Waals surface area contributed by atoms with Crippen LogP contribution < -0.4 is 14.8 Å². The van der Waals surface area contributed by atoms with Crippen LogP contribution in [0.15, 0.2) is 36.4 Å². The lowest BCUT2D eigenvalue weighted by Crippen LogP contribution is -2.20. The van der Waals surface area contributed by atoms with E-state index in [2.05, 4.69) is 10.1 Å². The zero-order valence-corrected chi connectivity index (χ0v) is 15.5. The lowest BCUT2D eigenvalue weighted by atomic mass is 10.2. The topological polar surface area (TPSA) is 73.9 Å². The van der Waals surface area contributed by atoms with Gasteiger partial charge in [0.2, 0.25) is 0 Å². The highest BCUT2D eigenvalue weighted by Crippen LogP contribution is 2.36. The van der Waals surface area contributed by atoms with Crippen LogP contribution in [0, 0.1) is 0 Å². The highest BCUT2D eigenvalue weighted by atomic mass is 35.5. The van der Waals surface area contributed by atoms with Gasteiger partial charge < -0.3 is 19.5 Å². The SMILES string of the molecule is COC(=O)c1ccc(OCC(=O)Nc2ccc(Cl)c(C(F)(F)F)c2)c(OC)c1. The standard InChI is InChI=1S/C18H15ClF3NO5/c1-26-15-7-10(17(25)27-2)3-6-14(15)28-9-16(24)23-11-4-5-13(19)12(8-11)18(20,21)22/h3-8H,9H2,1-2H3,(H,23,24). The average Bonchev–Trinajstić information content (AvgIpc) is 2.66. The normalized spacial score (nSPS) is 10.9. The van der Waals surface area contributed by atoms with E-state index in [-0.39, 0.29) is 22.7 Å². The minimum absolute atomic E-state index is 0.0849. The maximum Gasteiger partial charge on any atom is 0.417 e. The van der Waals surface area contributed by atoms with E-state index in [1.165, 1.54) is 38.5 Å². The van der Waals surface area contributed by atoms with Gasteiger partial charge in [-0.3, -0.25) is 4.79 Å². The van der Waals surface area contributed by atoms with E-state index in [1.54, 1.807) is 0 Å². The Morgan fingerprint density at radius 1 is 1.07 bits per heavy atom. The summed E-state index contributed by atoms with van der Waals surface area (Å²) in [6.07, 6.45) is -4.65. The van der Waals surface area contributed by atoms with Crippen LogP contribution in [0.3, 0.4) is 0 Å². The zero-order chi connectivity index (χ0) is 20.9. The van der Waals surface area contributed by atoms with E-state index in [4.69, 9.17) is 21.1 Å². The minimum atomic E-state index is -4.65. The third-order valence-electron chi connectivity index (χ3n) is 3.50. The molecule has 1 amide bonds. The molecule has 0 saturated carbocycles. The van der Waals surface area contributed by atoms with Gasteiger partial charge in [-0.25, -0.2) is 4.79 Å². The van der Waals surface area contributed by atoms with Crippen LogP contribution in [0.4, 0.5) is 18.9 Å². The average molecular weight is 418 g/mol. The third kappa shape index (κ3) is 5.29. The van der Waals surface area contributed by atoms with Gasteiger partial charge >= 0.3 is 12.1 Å². The van der Waals surface area contributed by atoms with Crippen molar-refractivity contribution in [2.45, 2.75) is 6.18 Å². The van der Waals surface area contributed by atoms with E-state index in [0.717, 1.165) is 12.1 Å². The molecule has 10 heteroatoms. The van der Waals surface area contributed by atoms with Crippen LogP contribution in [0.2, 0.25) is 5.02 Å². The van der Waals surface area contributed by atoms with Gasteiger partial charge in [-0.15, -0.1) is 0 Å². The van der Waals surface area contributed by atoms with Gasteiger partial charge in [-0.05, 0) is 36.4 Å². The number of alkyl halides is 3. The summed E-state index contributed by atoms with van der Waals surface area (Å²) in [7, 11) is 2.57. The maximum atomic E-state index is 12.9. The number of ether oxygens (including phenoxy) is 3. The molecule has 0 aliphatic heterocycles. The Bertz CT molecular complexity index is 886. The molecule has 0 aromatic heterocycles. The number of hydrogen-bond donors (Lipinski definition) is 1. The Morgan fingerprint density at radius 2 is 1.79 bits per heavy atom. The second kappa shape index (κ2) is 8.83. The molecule has 150 valence electrons. The van der Waals surface area contributed by atoms with Crippen molar-refractivity contribution >= 4 is 29.2 Å². The molecule has 0 atom stereocenters. The Hall–Kier alpha value is -2.94. The molecule has 0 aliphatic rings. The molecule has 0 saturated heterocycles. The molecule has 0 heterocycles. The Morgan fingerprint density at radius 3 is 2.39 bits per heavy atom. The molecule has 2 aromatic rings. The molecule has 0 radical (unpaired) electrons. The van der Waals surface area contributed by atoms with Crippen molar-refractivity contribution in [3.05, 3.63) is 52.5 Å². The van der Waals surface area contributed by atoms with E-state index >= 15 is 0 Å². The number of hydrogen-bond acceptors (Lipinski definition) is 5. The first kappa shape index (κ1) is 21.4. The second-order valence-corrected chi connectivity index (χ2v) is 5.79. The monoisotopic (exact) mass is 417 g/mol. The van der Waals surface area contributed by atoms with E-state index in [9.17, 15) is 22.8 Å². The lowest BCUT2D eigenvalue weighted by Gasteiger charge is -2.13. The Labute approximate surface area is 163 Å². The Kier molecular flexibility index (Phi) is 6.74. The molecular formula is C18H15ClF3NO5. The molecule has 6 nitrogen and oxygen atoms in total. The largest absolute Gasteiger partial charge is 0.493 e. The summed E-state index contributed by atoms with van der Waals surface area (Å²) in [6.45, 7) is -0.502. The van der Waals surface area contributed by atoms with Gasteiger partial charge in [0.1, 0.15) is 0 Å². The molecule has 0 fully saturated rings. The summed E-state index contributed by atoms with van der Waals surface area (Å²) in [6, 6.07) is 7.19. The maximum absolute atomic E-state index is 12.9. The summed E-state index contributed by atoms with van der Waals surface area (Å²) < 4.78 is 53.6. The number of amides is 1. The predicted octanol–water partition coefficient (Wildman–Crippen LogP) is 4.17. The second-order valence-electron chi connectivity index (χ2n) is 5.39. The van der Waals surface area contributed by atoms with Crippen LogP contribution in [0.25, 0.3) is 0 Å². The fourth-order valence-electron chi connectivity index (χ4n) is 2.19. The number of carbonyl (C=O) groups excluding carboxylic acids is 2. The number of nitrogens with one attached hydrogen (secondary N) is 1. The number of halogens is 4. The predicted molar refractivity (Wildman–Crippen MR) is 94.9 cm³/mol. The lowest BCUT2D eigenvalue weighted by molar-refractivity contribution is -0.137. The molecule has 2 aromatic carbocycles. The molecule has 1 N–H and O–H groups in total. The van der Waals surface area contributed by atoms with Gasteiger partial charge in [0.25, 0.3) is 5.91 Å². The summed E-state index contributed by atoms with van der Waals surface area (Å²) in [5, 5.41) is 1.82. The molecule has 0 unspecified atom stereocenters. The van der Waals surface area contributed by atoms with Crippen molar-refractivity contribution in [2.75, 3.05) is 26.1 Å². The van der Waals surface area contributed by atoms with Crippen molar-refractivity contribution in [1.82, 2.24) is 0 Å². The Balaban J connectivity index is 2.06. The van der Waals surface area contributed by atoms with E-state index < -0.39 is 35.2 Å². The highest BCUT2D eigenvalue weighted by Gasteiger charge is 2.33. The van der Waals surface area contributed by atoms with Crippen molar-refractivity contribution in [2.24, 2.45) is 0 Å². The first-order valence-electron chi connectivity index (χ1n) is 7.71. The van der Waals surface area contributed by atoms with Gasteiger partial charge in [0.15, 0.2) is 18.1 Å². The third-order valence-corrected chi connectivity index (χ3v) is 3.83. The molecule has 0 aliphatic carbocycles. The fraction of sp³-hybridized carbons (Fsp3) is 0.222. The molecule has 0 spiro atoms. The fourth-order valence-corrected chi connectivity index (χ4v) is 2.42. The van der Waals surface area contributed by atoms with Crippen molar-refractivity contribution < 1.29 is 37.0 Å². The molecule has 28 heavy (non-hydrogen) atoms. The van der Waals surface area contributed by atoms with Crippen molar-refractivity contribution in [1.29, 1.82) is 0 Å². The van der Waals surface area contributed by atoms with Gasteiger partial charge in [0.05, 0.1) is 30.4 Å². The first-order chi connectivity index (χ1) is 13.2. The minimum Gasteiger partial charge on any atom is -0.493 e. The van der Waals surface area contributed by atoms with Crippen LogP contribution in [0.5, 0.6) is 11.5 Å². The summed E-state index contributed by atoms with van der Waals surface area (Å²) in [5.41, 5.74) is -0.928. The molecular weight excluding hydrogens is 403 g/mol. The van der Waals surface area contributed by atoms with Gasteiger partial charge in [-0.2, -0.15) is 13.2 Å². The zero-order valence-electron chi connectivity index (χ0n) is 14.7. The van der Waals surface area contributed by atoms with Gasteiger partial charge in [0, 0.05) is 5.69 Å². The number of methoxy groups -OCH3 is 2. The molecule has 0 bridgehead atoms. The first-order valence-corrected chi connectivity index (χ1v) is 8.09. The number of anilines is 1. The number of rotatable bonds is 6. The van der Waals surface area contributed by atoms with E-state index in [0.29, 0.717) is 0 Å². The van der Waals surface area contributed by atoms with Crippen molar-refractivity contribution in [3.63, 3.8) is 0 Å². The number of esters is 1. The summed E-state index contributed by atoms with van der Waals surface area (Å²) >= 11 is 5.53. The summed E-state index contributed by atoms with van der Waals surface area (Å²) in [4.78, 5) is 23.5. The number of benzene rings is 2. The van der Waals surface area contributed by atoms with Gasteiger partial charge in [-0.1, -0.05) is 11.6 Å². The van der Waals surface area contributed by atoms with Crippen LogP contribution in [0.1, 0.15) is 15.9 Å². The highest BCUT2D eigenvalue weighted by molar-refractivity contribution is 6.31. The quantitative estimate of drug-likeness (QED) is 0.714. The smallest absolute Gasteiger partial charge is 0.417 e. The van der Waals surface area contributed by atoms with E-state index in [1.807, 2.05) is 0 Å².